The molecular weight excluding hydrogens is 271 g/mol. The lowest BCUT2D eigenvalue weighted by atomic mass is 9.95. The molecule has 1 aliphatic rings. The van der Waals surface area contributed by atoms with E-state index in [-0.39, 0.29) is 0 Å². The van der Waals surface area contributed by atoms with E-state index in [1.54, 1.807) is 0 Å². The van der Waals surface area contributed by atoms with Crippen LogP contribution in [0.5, 0.6) is 0 Å². The van der Waals surface area contributed by atoms with Gasteiger partial charge < -0.3 is 5.32 Å². The average Bonchev–Trinajstić information content (AvgIpc) is 2.43. The van der Waals surface area contributed by atoms with Crippen LogP contribution in [-0.2, 0) is 6.54 Å². The van der Waals surface area contributed by atoms with Crippen LogP contribution in [0, 0.1) is 17.5 Å². The van der Waals surface area contributed by atoms with E-state index >= 15 is 0 Å². The van der Waals surface area contributed by atoms with Crippen LogP contribution >= 0.6 is 11.8 Å². The number of hydrogen-bond acceptors (Lipinski definition) is 2. The number of nitrogens with one attached hydrogen (secondary N) is 1. The Hall–Kier alpha value is -0.680. The smallest absolute Gasteiger partial charge is 0.194 e. The molecule has 1 N–H and O–H groups in total. The molecule has 0 heterocycles. The lowest BCUT2D eigenvalue weighted by molar-refractivity contribution is 0.377. The molecule has 0 amide bonds. The van der Waals surface area contributed by atoms with Crippen molar-refractivity contribution in [1.82, 2.24) is 5.32 Å². The summed E-state index contributed by atoms with van der Waals surface area (Å²) in [6.07, 6.45) is 6.63. The summed E-state index contributed by atoms with van der Waals surface area (Å²) in [5, 5.41) is 4.03. The first-order valence-electron chi connectivity index (χ1n) is 6.49. The van der Waals surface area contributed by atoms with Crippen molar-refractivity contribution in [2.75, 3.05) is 6.26 Å². The summed E-state index contributed by atoms with van der Waals surface area (Å²) in [6.45, 7) is 0.378. The normalized spacial score (nSPS) is 23.6. The fourth-order valence-electron chi connectivity index (χ4n) is 2.47. The quantitative estimate of drug-likeness (QED) is 0.845. The fraction of sp³-hybridized carbons (Fsp3) is 0.571. The lowest BCUT2D eigenvalue weighted by Gasteiger charge is -2.28. The topological polar surface area (TPSA) is 12.0 Å². The van der Waals surface area contributed by atoms with Crippen molar-refractivity contribution in [1.29, 1.82) is 0 Å². The van der Waals surface area contributed by atoms with E-state index in [1.165, 1.54) is 12.8 Å². The second kappa shape index (κ2) is 6.66. The standard InChI is InChI=1S/C14H18F3NS/c1-19-11-4-2-10(3-5-11)18-8-9-6-12(15)14(17)13(16)7-9/h6-7,10-11,18H,2-5,8H2,1H3. The van der Waals surface area contributed by atoms with Crippen molar-refractivity contribution < 1.29 is 13.2 Å². The van der Waals surface area contributed by atoms with Crippen molar-refractivity contribution in [2.45, 2.75) is 43.5 Å². The Bertz CT molecular complexity index is 408. The molecule has 1 aliphatic carbocycles. The molecule has 0 bridgehead atoms. The van der Waals surface area contributed by atoms with Crippen LogP contribution < -0.4 is 5.32 Å². The highest BCUT2D eigenvalue weighted by Gasteiger charge is 2.20. The molecule has 19 heavy (non-hydrogen) atoms. The Labute approximate surface area is 116 Å². The number of halogens is 3. The molecule has 0 radical (unpaired) electrons. The average molecular weight is 289 g/mol. The van der Waals surface area contributed by atoms with Gasteiger partial charge in [0.1, 0.15) is 0 Å². The molecule has 1 saturated carbocycles. The first-order valence-corrected chi connectivity index (χ1v) is 7.78. The third kappa shape index (κ3) is 3.89. The zero-order valence-electron chi connectivity index (χ0n) is 10.9. The Morgan fingerprint density at radius 3 is 2.21 bits per heavy atom. The highest BCUT2D eigenvalue weighted by Crippen LogP contribution is 2.27. The summed E-state index contributed by atoms with van der Waals surface area (Å²) in [7, 11) is 0. The molecule has 1 fully saturated rings. The van der Waals surface area contributed by atoms with Gasteiger partial charge in [-0.25, -0.2) is 13.2 Å². The molecule has 0 aromatic heterocycles. The Balaban J connectivity index is 1.86. The van der Waals surface area contributed by atoms with Gasteiger partial charge in [-0.2, -0.15) is 11.8 Å². The highest BCUT2D eigenvalue weighted by molar-refractivity contribution is 7.99. The molecule has 0 atom stereocenters. The van der Waals surface area contributed by atoms with Gasteiger partial charge in [0.15, 0.2) is 17.5 Å². The summed E-state index contributed by atoms with van der Waals surface area (Å²) in [5.74, 6) is -3.64. The van der Waals surface area contributed by atoms with Crippen molar-refractivity contribution in [3.63, 3.8) is 0 Å². The fourth-order valence-corrected chi connectivity index (χ4v) is 3.22. The first kappa shape index (κ1) is 14.7. The molecule has 5 heteroatoms. The van der Waals surface area contributed by atoms with Gasteiger partial charge in [0, 0.05) is 17.8 Å². The molecule has 2 rings (SSSR count). The van der Waals surface area contributed by atoms with E-state index in [9.17, 15) is 13.2 Å². The monoisotopic (exact) mass is 289 g/mol. The molecule has 1 aromatic rings. The summed E-state index contributed by atoms with van der Waals surface area (Å²) in [5.41, 5.74) is 0.448. The lowest BCUT2D eigenvalue weighted by Crippen LogP contribution is -2.33. The van der Waals surface area contributed by atoms with Gasteiger partial charge in [0.2, 0.25) is 0 Å². The van der Waals surface area contributed by atoms with Crippen molar-refractivity contribution in [2.24, 2.45) is 0 Å². The molecule has 1 aromatic carbocycles. The van der Waals surface area contributed by atoms with E-state index in [2.05, 4.69) is 11.6 Å². The molecule has 0 unspecified atom stereocenters. The van der Waals surface area contributed by atoms with Gasteiger partial charge in [-0.15, -0.1) is 0 Å². The third-order valence-corrected chi connectivity index (χ3v) is 4.78. The number of thioether (sulfide) groups is 1. The molecule has 1 nitrogen and oxygen atoms in total. The van der Waals surface area contributed by atoms with Crippen LogP contribution in [-0.4, -0.2) is 17.5 Å². The van der Waals surface area contributed by atoms with E-state index < -0.39 is 17.5 Å². The van der Waals surface area contributed by atoms with Gasteiger partial charge >= 0.3 is 0 Å². The maximum atomic E-state index is 13.1. The summed E-state index contributed by atoms with van der Waals surface area (Å²) in [6, 6.07) is 2.50. The van der Waals surface area contributed by atoms with Crippen molar-refractivity contribution >= 4 is 11.8 Å². The second-order valence-corrected chi connectivity index (χ2v) is 6.10. The maximum absolute atomic E-state index is 13.1. The predicted molar refractivity (Wildman–Crippen MR) is 72.7 cm³/mol. The van der Waals surface area contributed by atoms with Gasteiger partial charge in [-0.05, 0) is 49.6 Å². The SMILES string of the molecule is CSC1CCC(NCc2cc(F)c(F)c(F)c2)CC1. The van der Waals surface area contributed by atoms with Crippen molar-refractivity contribution in [3.8, 4) is 0 Å². The Morgan fingerprint density at radius 2 is 1.68 bits per heavy atom. The minimum absolute atomic E-state index is 0.378. The minimum Gasteiger partial charge on any atom is -0.310 e. The molecule has 0 saturated heterocycles. The van der Waals surface area contributed by atoms with Crippen LogP contribution in [0.25, 0.3) is 0 Å². The van der Waals surface area contributed by atoms with Crippen molar-refractivity contribution in [3.05, 3.63) is 35.1 Å². The number of benzene rings is 1. The van der Waals surface area contributed by atoms with Gasteiger partial charge in [-0.3, -0.25) is 0 Å². The third-order valence-electron chi connectivity index (χ3n) is 3.65. The van der Waals surface area contributed by atoms with Crippen LogP contribution in [0.1, 0.15) is 31.2 Å². The highest BCUT2D eigenvalue weighted by atomic mass is 32.2. The minimum atomic E-state index is -1.40. The Morgan fingerprint density at radius 1 is 1.11 bits per heavy atom. The molecule has 0 aliphatic heterocycles. The summed E-state index contributed by atoms with van der Waals surface area (Å²) >= 11 is 1.90. The predicted octanol–water partition coefficient (Wildman–Crippen LogP) is 3.87. The van der Waals surface area contributed by atoms with Crippen LogP contribution in [0.2, 0.25) is 0 Å². The van der Waals surface area contributed by atoms with Gasteiger partial charge in [-0.1, -0.05) is 0 Å². The summed E-state index contributed by atoms with van der Waals surface area (Å²) in [4.78, 5) is 0. The van der Waals surface area contributed by atoms with E-state index in [1.807, 2.05) is 11.8 Å². The zero-order valence-corrected chi connectivity index (χ0v) is 11.7. The molecule has 106 valence electrons. The maximum Gasteiger partial charge on any atom is 0.194 e. The van der Waals surface area contributed by atoms with Gasteiger partial charge in [0.05, 0.1) is 0 Å². The van der Waals surface area contributed by atoms with E-state index in [0.717, 1.165) is 30.2 Å². The number of rotatable bonds is 4. The summed E-state index contributed by atoms with van der Waals surface area (Å²) < 4.78 is 38.9. The van der Waals surface area contributed by atoms with E-state index in [0.29, 0.717) is 18.2 Å². The number of hydrogen-bond donors (Lipinski definition) is 1. The van der Waals surface area contributed by atoms with Crippen LogP contribution in [0.4, 0.5) is 13.2 Å². The first-order chi connectivity index (χ1) is 9.10. The van der Waals surface area contributed by atoms with Gasteiger partial charge in [0.25, 0.3) is 0 Å². The molecule has 0 spiro atoms. The Kier molecular flexibility index (Phi) is 5.16. The van der Waals surface area contributed by atoms with Crippen LogP contribution in [0.15, 0.2) is 12.1 Å². The van der Waals surface area contributed by atoms with E-state index in [4.69, 9.17) is 0 Å². The largest absolute Gasteiger partial charge is 0.310 e. The second-order valence-electron chi connectivity index (χ2n) is 4.96. The van der Waals surface area contributed by atoms with Crippen LogP contribution in [0.3, 0.4) is 0 Å². The molecular formula is C14H18F3NS. The zero-order chi connectivity index (χ0) is 13.8.